The number of ether oxygens (including phenoxy) is 2. The lowest BCUT2D eigenvalue weighted by Gasteiger charge is -2.31. The fraction of sp³-hybridized carbons (Fsp3) is 0.368. The number of hydrogen-bond donors (Lipinski definition) is 1. The maximum atomic E-state index is 12.7. The van der Waals surface area contributed by atoms with Crippen LogP contribution in [0.3, 0.4) is 0 Å². The highest BCUT2D eigenvalue weighted by atomic mass is 32.2. The van der Waals surface area contributed by atoms with Gasteiger partial charge in [0, 0.05) is 0 Å². The van der Waals surface area contributed by atoms with Crippen LogP contribution in [0.25, 0.3) is 0 Å². The average Bonchev–Trinajstić information content (AvgIpc) is 2.69. The summed E-state index contributed by atoms with van der Waals surface area (Å²) >= 11 is 0. The lowest BCUT2D eigenvalue weighted by atomic mass is 10.3. The molecule has 3 rings (SSSR count). The first-order chi connectivity index (χ1) is 12.6. The van der Waals surface area contributed by atoms with Crippen LogP contribution in [-0.2, 0) is 10.0 Å². The van der Waals surface area contributed by atoms with Gasteiger partial charge in [-0.05, 0) is 36.4 Å². The molecule has 0 saturated carbocycles. The molecule has 140 valence electrons. The van der Waals surface area contributed by atoms with Crippen LogP contribution in [-0.4, -0.2) is 59.2 Å². The van der Waals surface area contributed by atoms with E-state index in [1.807, 2.05) is 30.3 Å². The number of quaternary nitrogens is 1. The maximum Gasteiger partial charge on any atom is 0.243 e. The summed E-state index contributed by atoms with van der Waals surface area (Å²) in [6.45, 7) is 4.11. The van der Waals surface area contributed by atoms with Crippen LogP contribution < -0.4 is 14.4 Å². The van der Waals surface area contributed by atoms with Gasteiger partial charge in [0.15, 0.2) is 0 Å². The number of nitrogens with zero attached hydrogens (tertiary/aromatic N) is 1. The molecule has 0 radical (unpaired) electrons. The van der Waals surface area contributed by atoms with E-state index in [1.54, 1.807) is 35.7 Å². The Morgan fingerprint density at radius 2 is 1.62 bits per heavy atom. The first-order valence-electron chi connectivity index (χ1n) is 8.75. The summed E-state index contributed by atoms with van der Waals surface area (Å²) in [5, 5.41) is 0. The van der Waals surface area contributed by atoms with Gasteiger partial charge in [0.25, 0.3) is 0 Å². The van der Waals surface area contributed by atoms with Crippen molar-refractivity contribution in [3.8, 4) is 11.5 Å². The number of benzene rings is 2. The maximum absolute atomic E-state index is 12.7. The van der Waals surface area contributed by atoms with Crippen molar-refractivity contribution in [2.75, 3.05) is 46.4 Å². The molecule has 0 atom stereocenters. The summed E-state index contributed by atoms with van der Waals surface area (Å²) in [6, 6.07) is 16.3. The zero-order valence-electron chi connectivity index (χ0n) is 14.9. The second-order valence-electron chi connectivity index (χ2n) is 6.24. The third kappa shape index (κ3) is 4.55. The molecule has 0 aromatic heterocycles. The van der Waals surface area contributed by atoms with Crippen molar-refractivity contribution in [2.45, 2.75) is 4.90 Å². The van der Waals surface area contributed by atoms with Crippen LogP contribution in [0, 0.1) is 0 Å². The Balaban J connectivity index is 1.49. The van der Waals surface area contributed by atoms with Crippen molar-refractivity contribution in [3.05, 3.63) is 54.6 Å². The second kappa shape index (κ2) is 8.53. The van der Waals surface area contributed by atoms with E-state index in [0.717, 1.165) is 25.4 Å². The smallest absolute Gasteiger partial charge is 0.243 e. The fourth-order valence-corrected chi connectivity index (χ4v) is 4.46. The summed E-state index contributed by atoms with van der Waals surface area (Å²) < 4.78 is 37.9. The van der Waals surface area contributed by atoms with E-state index in [2.05, 4.69) is 0 Å². The van der Waals surface area contributed by atoms with Crippen LogP contribution in [0.15, 0.2) is 59.5 Å². The molecule has 6 nitrogen and oxygen atoms in total. The highest BCUT2D eigenvalue weighted by molar-refractivity contribution is 7.89. The normalized spacial score (nSPS) is 16.3. The van der Waals surface area contributed by atoms with Crippen LogP contribution in [0.1, 0.15) is 0 Å². The van der Waals surface area contributed by atoms with Crippen LogP contribution in [0.2, 0.25) is 0 Å². The molecule has 1 aliphatic heterocycles. The van der Waals surface area contributed by atoms with Crippen LogP contribution in [0.5, 0.6) is 11.5 Å². The van der Waals surface area contributed by atoms with E-state index in [9.17, 15) is 8.42 Å². The van der Waals surface area contributed by atoms with Gasteiger partial charge in [0.1, 0.15) is 24.7 Å². The van der Waals surface area contributed by atoms with E-state index in [1.165, 1.54) is 4.90 Å². The van der Waals surface area contributed by atoms with Crippen molar-refractivity contribution in [1.29, 1.82) is 0 Å². The van der Waals surface area contributed by atoms with Gasteiger partial charge in [0.2, 0.25) is 10.0 Å². The Labute approximate surface area is 155 Å². The molecule has 0 unspecified atom stereocenters. The van der Waals surface area contributed by atoms with Gasteiger partial charge in [0.05, 0.1) is 38.2 Å². The monoisotopic (exact) mass is 377 g/mol. The molecule has 2 aromatic rings. The Kier molecular flexibility index (Phi) is 6.13. The number of para-hydroxylation sites is 1. The molecule has 1 N–H and O–H groups in total. The molecular weight excluding hydrogens is 352 g/mol. The van der Waals surface area contributed by atoms with E-state index < -0.39 is 10.0 Å². The topological polar surface area (TPSA) is 60.3 Å². The minimum Gasteiger partial charge on any atom is -0.497 e. The first-order valence-corrected chi connectivity index (χ1v) is 10.2. The summed E-state index contributed by atoms with van der Waals surface area (Å²) in [5.74, 6) is 1.52. The predicted octanol–water partition coefficient (Wildman–Crippen LogP) is 0.663. The lowest BCUT2D eigenvalue weighted by molar-refractivity contribution is -0.903. The number of hydrogen-bond acceptors (Lipinski definition) is 4. The molecule has 0 amide bonds. The quantitative estimate of drug-likeness (QED) is 0.770. The largest absolute Gasteiger partial charge is 0.497 e. The number of rotatable bonds is 7. The Bertz CT molecular complexity index is 786. The first kappa shape index (κ1) is 18.7. The summed E-state index contributed by atoms with van der Waals surface area (Å²) in [4.78, 5) is 1.68. The van der Waals surface area contributed by atoms with Crippen molar-refractivity contribution in [2.24, 2.45) is 0 Å². The molecule has 1 heterocycles. The third-order valence-electron chi connectivity index (χ3n) is 4.59. The molecule has 26 heavy (non-hydrogen) atoms. The molecule has 1 aliphatic rings. The van der Waals surface area contributed by atoms with Gasteiger partial charge in [-0.3, -0.25) is 0 Å². The fourth-order valence-electron chi connectivity index (χ4n) is 3.02. The number of piperazine rings is 1. The molecule has 0 bridgehead atoms. The van der Waals surface area contributed by atoms with E-state index in [-0.39, 0.29) is 0 Å². The van der Waals surface area contributed by atoms with Crippen LogP contribution in [0.4, 0.5) is 0 Å². The zero-order valence-corrected chi connectivity index (χ0v) is 15.7. The highest BCUT2D eigenvalue weighted by Crippen LogP contribution is 2.19. The van der Waals surface area contributed by atoms with E-state index >= 15 is 0 Å². The van der Waals surface area contributed by atoms with Crippen LogP contribution >= 0.6 is 0 Å². The molecular formula is C19H25N2O4S+. The van der Waals surface area contributed by atoms with Crippen molar-refractivity contribution in [3.63, 3.8) is 0 Å². The molecule has 1 fully saturated rings. The number of nitrogens with one attached hydrogen (secondary N) is 1. The van der Waals surface area contributed by atoms with Gasteiger partial charge < -0.3 is 14.4 Å². The number of methoxy groups -OCH3 is 1. The van der Waals surface area contributed by atoms with Crippen molar-refractivity contribution < 1.29 is 22.8 Å². The van der Waals surface area contributed by atoms with Gasteiger partial charge >= 0.3 is 0 Å². The third-order valence-corrected chi connectivity index (χ3v) is 6.51. The zero-order chi connectivity index (χ0) is 18.4. The standard InChI is InChI=1S/C19H24N2O4S/c1-24-17-7-9-19(10-8-17)26(22,23)21-13-11-20(12-14-21)15-16-25-18-5-3-2-4-6-18/h2-10H,11-16H2,1H3/p+1. The number of sulfonamides is 1. The summed E-state index contributed by atoms with van der Waals surface area (Å²) in [6.07, 6.45) is 0. The predicted molar refractivity (Wildman–Crippen MR) is 99.3 cm³/mol. The Morgan fingerprint density at radius 3 is 2.23 bits per heavy atom. The van der Waals surface area contributed by atoms with E-state index in [4.69, 9.17) is 9.47 Å². The minimum atomic E-state index is -3.44. The average molecular weight is 377 g/mol. The molecule has 2 aromatic carbocycles. The van der Waals surface area contributed by atoms with Crippen molar-refractivity contribution >= 4 is 10.0 Å². The summed E-state index contributed by atoms with van der Waals surface area (Å²) in [5.41, 5.74) is 0. The Morgan fingerprint density at radius 1 is 0.962 bits per heavy atom. The lowest BCUT2D eigenvalue weighted by Crippen LogP contribution is -3.15. The van der Waals surface area contributed by atoms with E-state index in [0.29, 0.717) is 30.3 Å². The molecule has 0 spiro atoms. The minimum absolute atomic E-state index is 0.314. The highest BCUT2D eigenvalue weighted by Gasteiger charge is 2.30. The second-order valence-corrected chi connectivity index (χ2v) is 8.18. The Hall–Kier alpha value is -2.09. The summed E-state index contributed by atoms with van der Waals surface area (Å²) in [7, 11) is -1.88. The van der Waals surface area contributed by atoms with Crippen molar-refractivity contribution in [1.82, 2.24) is 4.31 Å². The molecule has 0 aliphatic carbocycles. The van der Waals surface area contributed by atoms with Gasteiger partial charge in [-0.1, -0.05) is 18.2 Å². The SMILES string of the molecule is COc1ccc(S(=O)(=O)N2CC[NH+](CCOc3ccccc3)CC2)cc1. The van der Waals surface area contributed by atoms with Gasteiger partial charge in [-0.2, -0.15) is 4.31 Å². The van der Waals surface area contributed by atoms with Gasteiger partial charge in [-0.25, -0.2) is 8.42 Å². The van der Waals surface area contributed by atoms with Gasteiger partial charge in [-0.15, -0.1) is 0 Å². The molecule has 1 saturated heterocycles. The molecule has 7 heteroatoms.